The van der Waals surface area contributed by atoms with Crippen molar-refractivity contribution in [3.63, 3.8) is 0 Å². The van der Waals surface area contributed by atoms with Crippen LogP contribution in [0.2, 0.25) is 0 Å². The topological polar surface area (TPSA) is 61.9 Å². The van der Waals surface area contributed by atoms with Gasteiger partial charge in [0.15, 0.2) is 0 Å². The van der Waals surface area contributed by atoms with E-state index in [0.29, 0.717) is 19.7 Å². The number of ether oxygens (including phenoxy) is 1. The van der Waals surface area contributed by atoms with E-state index in [1.54, 1.807) is 11.8 Å². The van der Waals surface area contributed by atoms with Crippen LogP contribution in [0.1, 0.15) is 12.5 Å². The van der Waals surface area contributed by atoms with E-state index in [0.717, 1.165) is 13.1 Å². The molecule has 2 amide bonds. The van der Waals surface area contributed by atoms with Crippen molar-refractivity contribution in [2.75, 3.05) is 44.2 Å². The summed E-state index contributed by atoms with van der Waals surface area (Å²) in [5.74, 6) is -0.0723. The summed E-state index contributed by atoms with van der Waals surface area (Å²) in [6.07, 6.45) is -0.547. The van der Waals surface area contributed by atoms with Crippen LogP contribution >= 0.6 is 0 Å². The van der Waals surface area contributed by atoms with Gasteiger partial charge in [0.2, 0.25) is 5.91 Å². The van der Waals surface area contributed by atoms with Crippen molar-refractivity contribution in [2.24, 2.45) is 0 Å². The summed E-state index contributed by atoms with van der Waals surface area (Å²) in [4.78, 5) is 27.3. The molecule has 0 bridgehead atoms. The molecule has 0 saturated carbocycles. The van der Waals surface area contributed by atoms with E-state index in [1.807, 2.05) is 6.07 Å². The first-order valence-electron chi connectivity index (χ1n) is 7.60. The molecule has 1 aromatic carbocycles. The number of nitrogens with zero attached hydrogens (tertiary/aromatic N) is 2. The van der Waals surface area contributed by atoms with Crippen LogP contribution in [0.5, 0.6) is 0 Å². The fourth-order valence-electron chi connectivity index (χ4n) is 2.48. The second-order valence-electron chi connectivity index (χ2n) is 5.28. The zero-order chi connectivity index (χ0) is 15.9. The van der Waals surface area contributed by atoms with Crippen molar-refractivity contribution in [1.82, 2.24) is 10.2 Å². The Labute approximate surface area is 131 Å². The number of carbonyl (C=O) groups is 2. The molecule has 2 rings (SSSR count). The Balaban J connectivity index is 1.79. The van der Waals surface area contributed by atoms with E-state index >= 15 is 0 Å². The van der Waals surface area contributed by atoms with Gasteiger partial charge in [-0.25, -0.2) is 4.79 Å². The van der Waals surface area contributed by atoms with Gasteiger partial charge in [0.25, 0.3) is 0 Å². The molecule has 0 radical (unpaired) electrons. The lowest BCUT2D eigenvalue weighted by Gasteiger charge is -2.36. The molecule has 1 N–H and O–H groups in total. The summed E-state index contributed by atoms with van der Waals surface area (Å²) in [5, 5.41) is 2.47. The lowest BCUT2D eigenvalue weighted by molar-refractivity contribution is -0.130. The first-order valence-corrected chi connectivity index (χ1v) is 7.60. The molecular weight excluding hydrogens is 282 g/mol. The van der Waals surface area contributed by atoms with Gasteiger partial charge in [-0.1, -0.05) is 12.1 Å². The van der Waals surface area contributed by atoms with E-state index in [1.165, 1.54) is 11.3 Å². The van der Waals surface area contributed by atoms with Crippen molar-refractivity contribution in [1.29, 1.82) is 0 Å². The molecule has 1 fully saturated rings. The van der Waals surface area contributed by atoms with Crippen molar-refractivity contribution < 1.29 is 14.3 Å². The maximum Gasteiger partial charge on any atom is 0.407 e. The van der Waals surface area contributed by atoms with Crippen LogP contribution in [0.4, 0.5) is 10.5 Å². The number of benzene rings is 1. The predicted octanol–water partition coefficient (Wildman–Crippen LogP) is 1.39. The Hall–Kier alpha value is -2.24. The van der Waals surface area contributed by atoms with Gasteiger partial charge in [0.05, 0.1) is 6.61 Å². The third kappa shape index (κ3) is 4.38. The summed E-state index contributed by atoms with van der Waals surface area (Å²) in [7, 11) is 0. The number of aryl methyl sites for hydroxylation is 1. The average molecular weight is 305 g/mol. The Bertz CT molecular complexity index is 525. The van der Waals surface area contributed by atoms with Crippen LogP contribution < -0.4 is 10.2 Å². The number of anilines is 1. The van der Waals surface area contributed by atoms with Gasteiger partial charge in [0.1, 0.15) is 6.54 Å². The number of nitrogens with one attached hydrogen (secondary N) is 1. The van der Waals surface area contributed by atoms with Crippen LogP contribution in [0, 0.1) is 6.92 Å². The molecule has 1 saturated heterocycles. The van der Waals surface area contributed by atoms with Crippen molar-refractivity contribution in [2.45, 2.75) is 13.8 Å². The highest BCUT2D eigenvalue weighted by atomic mass is 16.5. The molecule has 1 aromatic rings. The summed E-state index contributed by atoms with van der Waals surface area (Å²) >= 11 is 0. The molecule has 0 spiro atoms. The van der Waals surface area contributed by atoms with E-state index in [4.69, 9.17) is 4.74 Å². The zero-order valence-electron chi connectivity index (χ0n) is 13.2. The van der Waals surface area contributed by atoms with E-state index in [2.05, 4.69) is 35.3 Å². The number of rotatable bonds is 4. The lowest BCUT2D eigenvalue weighted by Crippen LogP contribution is -2.51. The van der Waals surface area contributed by atoms with Crippen LogP contribution in [-0.2, 0) is 9.53 Å². The quantitative estimate of drug-likeness (QED) is 0.913. The normalized spacial score (nSPS) is 14.6. The molecule has 1 heterocycles. The van der Waals surface area contributed by atoms with E-state index < -0.39 is 6.09 Å². The van der Waals surface area contributed by atoms with Gasteiger partial charge in [-0.2, -0.15) is 0 Å². The molecule has 1 aliphatic rings. The minimum Gasteiger partial charge on any atom is -0.450 e. The Morgan fingerprint density at radius 1 is 1.23 bits per heavy atom. The molecule has 0 aliphatic carbocycles. The average Bonchev–Trinajstić information content (AvgIpc) is 2.53. The number of piperazine rings is 1. The lowest BCUT2D eigenvalue weighted by atomic mass is 10.2. The van der Waals surface area contributed by atoms with Crippen LogP contribution in [0.3, 0.4) is 0 Å². The molecule has 0 atom stereocenters. The number of alkyl carbamates (subject to hydrolysis) is 1. The summed E-state index contributed by atoms with van der Waals surface area (Å²) in [6, 6.07) is 8.36. The molecule has 0 aromatic heterocycles. The third-order valence-electron chi connectivity index (χ3n) is 3.66. The SMILES string of the molecule is CCOC(=O)NCC(=O)N1CCN(c2cccc(C)c2)CC1. The van der Waals surface area contributed by atoms with Gasteiger partial charge in [0, 0.05) is 31.9 Å². The smallest absolute Gasteiger partial charge is 0.407 e. The van der Waals surface area contributed by atoms with Gasteiger partial charge in [-0.05, 0) is 31.5 Å². The molecular formula is C16H23N3O3. The molecule has 1 aliphatic heterocycles. The largest absolute Gasteiger partial charge is 0.450 e. The summed E-state index contributed by atoms with van der Waals surface area (Å²) < 4.78 is 4.74. The van der Waals surface area contributed by atoms with Crippen LogP contribution in [-0.4, -0.2) is 56.2 Å². The Kier molecular flexibility index (Phi) is 5.63. The van der Waals surface area contributed by atoms with Gasteiger partial charge in [-0.3, -0.25) is 4.79 Å². The number of hydrogen-bond acceptors (Lipinski definition) is 4. The number of carbonyl (C=O) groups excluding carboxylic acids is 2. The van der Waals surface area contributed by atoms with Crippen molar-refractivity contribution in [3.05, 3.63) is 29.8 Å². The Morgan fingerprint density at radius 3 is 2.59 bits per heavy atom. The molecule has 0 unspecified atom stereocenters. The fraction of sp³-hybridized carbons (Fsp3) is 0.500. The highest BCUT2D eigenvalue weighted by Gasteiger charge is 2.21. The third-order valence-corrected chi connectivity index (χ3v) is 3.66. The predicted molar refractivity (Wildman–Crippen MR) is 85.0 cm³/mol. The maximum absolute atomic E-state index is 12.0. The number of amides is 2. The second-order valence-corrected chi connectivity index (χ2v) is 5.28. The maximum atomic E-state index is 12.0. The molecule has 6 nitrogen and oxygen atoms in total. The first kappa shape index (κ1) is 16.1. The van der Waals surface area contributed by atoms with Crippen LogP contribution in [0.15, 0.2) is 24.3 Å². The van der Waals surface area contributed by atoms with E-state index in [-0.39, 0.29) is 12.5 Å². The highest BCUT2D eigenvalue weighted by molar-refractivity contribution is 5.82. The van der Waals surface area contributed by atoms with Gasteiger partial charge >= 0.3 is 6.09 Å². The standard InChI is InChI=1S/C16H23N3O3/c1-3-22-16(21)17-12-15(20)19-9-7-18(8-10-19)14-6-4-5-13(2)11-14/h4-6,11H,3,7-10,12H2,1-2H3,(H,17,21). The van der Waals surface area contributed by atoms with E-state index in [9.17, 15) is 9.59 Å². The molecule has 120 valence electrons. The summed E-state index contributed by atoms with van der Waals surface area (Å²) in [6.45, 7) is 7.02. The molecule has 6 heteroatoms. The zero-order valence-corrected chi connectivity index (χ0v) is 13.2. The van der Waals surface area contributed by atoms with Crippen LogP contribution in [0.25, 0.3) is 0 Å². The minimum atomic E-state index is -0.547. The van der Waals surface area contributed by atoms with Crippen molar-refractivity contribution >= 4 is 17.7 Å². The van der Waals surface area contributed by atoms with Gasteiger partial charge < -0.3 is 19.9 Å². The number of hydrogen-bond donors (Lipinski definition) is 1. The molecule has 22 heavy (non-hydrogen) atoms. The first-order chi connectivity index (χ1) is 10.6. The van der Waals surface area contributed by atoms with Crippen molar-refractivity contribution in [3.8, 4) is 0 Å². The summed E-state index contributed by atoms with van der Waals surface area (Å²) in [5.41, 5.74) is 2.42. The second kappa shape index (κ2) is 7.68. The highest BCUT2D eigenvalue weighted by Crippen LogP contribution is 2.17. The van der Waals surface area contributed by atoms with Gasteiger partial charge in [-0.15, -0.1) is 0 Å². The minimum absolute atomic E-state index is 0.0106. The monoisotopic (exact) mass is 305 g/mol. The fourth-order valence-corrected chi connectivity index (χ4v) is 2.48. The Morgan fingerprint density at radius 2 is 1.95 bits per heavy atom.